The number of amides is 1. The molecule has 4 aromatic rings. The third-order valence-corrected chi connectivity index (χ3v) is 6.05. The molecule has 0 aliphatic carbocycles. The molecule has 0 aliphatic heterocycles. The molecule has 7 nitrogen and oxygen atoms in total. The Morgan fingerprint density at radius 1 is 0.914 bits per heavy atom. The molecule has 4 rings (SSSR count). The monoisotopic (exact) mass is 486 g/mol. The molecular formula is C27H22N2O5S. The number of rotatable bonds is 8. The van der Waals surface area contributed by atoms with Crippen molar-refractivity contribution in [3.63, 3.8) is 0 Å². The molecule has 35 heavy (non-hydrogen) atoms. The van der Waals surface area contributed by atoms with Gasteiger partial charge in [0.25, 0.3) is 5.91 Å². The summed E-state index contributed by atoms with van der Waals surface area (Å²) in [6.45, 7) is 0. The van der Waals surface area contributed by atoms with Gasteiger partial charge in [0.1, 0.15) is 4.88 Å². The smallest absolute Gasteiger partial charge is 0.353 e. The van der Waals surface area contributed by atoms with E-state index >= 15 is 0 Å². The number of hydrazone groups is 1. The lowest BCUT2D eigenvalue weighted by atomic mass is 9.85. The SMILES string of the molecule is COc1cc(/C=N\NC(=O)C(O)(c2ccccc2)c2ccccc2)ccc1OC(=O)c1cccs1. The van der Waals surface area contributed by atoms with Crippen LogP contribution in [0.3, 0.4) is 0 Å². The number of thiophene rings is 1. The highest BCUT2D eigenvalue weighted by molar-refractivity contribution is 7.12. The predicted octanol–water partition coefficient (Wildman–Crippen LogP) is 4.36. The van der Waals surface area contributed by atoms with E-state index in [1.54, 1.807) is 96.4 Å². The van der Waals surface area contributed by atoms with E-state index in [1.807, 2.05) is 0 Å². The fourth-order valence-electron chi connectivity index (χ4n) is 3.43. The van der Waals surface area contributed by atoms with Crippen LogP contribution in [0.2, 0.25) is 0 Å². The molecule has 3 aromatic carbocycles. The van der Waals surface area contributed by atoms with E-state index in [9.17, 15) is 14.7 Å². The van der Waals surface area contributed by atoms with E-state index < -0.39 is 17.5 Å². The predicted molar refractivity (Wildman–Crippen MR) is 134 cm³/mol. The van der Waals surface area contributed by atoms with Crippen molar-refractivity contribution in [2.45, 2.75) is 5.60 Å². The summed E-state index contributed by atoms with van der Waals surface area (Å²) >= 11 is 1.28. The first-order valence-corrected chi connectivity index (χ1v) is 11.5. The topological polar surface area (TPSA) is 97.2 Å². The number of hydrogen-bond donors (Lipinski definition) is 2. The first-order chi connectivity index (χ1) is 17.0. The molecule has 1 amide bonds. The molecular weight excluding hydrogens is 464 g/mol. The molecule has 2 N–H and O–H groups in total. The first-order valence-electron chi connectivity index (χ1n) is 10.6. The molecule has 0 spiro atoms. The third kappa shape index (κ3) is 5.29. The maximum Gasteiger partial charge on any atom is 0.353 e. The molecule has 0 bridgehead atoms. The van der Waals surface area contributed by atoms with E-state index in [-0.39, 0.29) is 5.75 Å². The summed E-state index contributed by atoms with van der Waals surface area (Å²) in [5, 5.41) is 17.3. The summed E-state index contributed by atoms with van der Waals surface area (Å²) in [4.78, 5) is 25.8. The van der Waals surface area contributed by atoms with E-state index in [2.05, 4.69) is 10.5 Å². The van der Waals surface area contributed by atoms with Crippen LogP contribution < -0.4 is 14.9 Å². The second-order valence-electron chi connectivity index (χ2n) is 7.42. The minimum Gasteiger partial charge on any atom is -0.493 e. The molecule has 0 aliphatic rings. The highest BCUT2D eigenvalue weighted by Crippen LogP contribution is 2.30. The van der Waals surface area contributed by atoms with E-state index in [1.165, 1.54) is 24.7 Å². The van der Waals surface area contributed by atoms with Crippen molar-refractivity contribution in [2.24, 2.45) is 5.10 Å². The Morgan fingerprint density at radius 2 is 1.57 bits per heavy atom. The quantitative estimate of drug-likeness (QED) is 0.167. The van der Waals surface area contributed by atoms with Crippen LogP contribution >= 0.6 is 11.3 Å². The minimum absolute atomic E-state index is 0.259. The number of nitrogens with zero attached hydrogens (tertiary/aromatic N) is 1. The lowest BCUT2D eigenvalue weighted by Crippen LogP contribution is -2.43. The van der Waals surface area contributed by atoms with E-state index in [0.29, 0.717) is 27.3 Å². The van der Waals surface area contributed by atoms with Gasteiger partial charge in [0.2, 0.25) is 0 Å². The van der Waals surface area contributed by atoms with Crippen LogP contribution in [-0.2, 0) is 10.4 Å². The number of hydrogen-bond acceptors (Lipinski definition) is 7. The zero-order chi connectivity index (χ0) is 24.7. The molecule has 0 unspecified atom stereocenters. The van der Waals surface area contributed by atoms with E-state index in [0.717, 1.165) is 0 Å². The van der Waals surface area contributed by atoms with Crippen LogP contribution in [0.5, 0.6) is 11.5 Å². The highest BCUT2D eigenvalue weighted by atomic mass is 32.1. The second-order valence-corrected chi connectivity index (χ2v) is 8.37. The average molecular weight is 487 g/mol. The van der Waals surface area contributed by atoms with Crippen molar-refractivity contribution in [1.82, 2.24) is 5.43 Å². The van der Waals surface area contributed by atoms with Gasteiger partial charge >= 0.3 is 5.97 Å². The zero-order valence-corrected chi connectivity index (χ0v) is 19.6. The van der Waals surface area contributed by atoms with Gasteiger partial charge in [0.15, 0.2) is 17.1 Å². The summed E-state index contributed by atoms with van der Waals surface area (Å²) < 4.78 is 10.8. The van der Waals surface area contributed by atoms with Crippen molar-refractivity contribution < 1.29 is 24.2 Å². The Morgan fingerprint density at radius 3 is 2.14 bits per heavy atom. The van der Waals surface area contributed by atoms with Gasteiger partial charge in [-0.3, -0.25) is 4.79 Å². The maximum atomic E-state index is 13.1. The fraction of sp³-hybridized carbons (Fsp3) is 0.0741. The lowest BCUT2D eigenvalue weighted by molar-refractivity contribution is -0.136. The summed E-state index contributed by atoms with van der Waals surface area (Å²) in [6.07, 6.45) is 1.40. The third-order valence-electron chi connectivity index (χ3n) is 5.20. The van der Waals surface area contributed by atoms with Crippen LogP contribution in [-0.4, -0.2) is 30.3 Å². The van der Waals surface area contributed by atoms with Crippen LogP contribution in [0.4, 0.5) is 0 Å². The van der Waals surface area contributed by atoms with Crippen molar-refractivity contribution in [3.8, 4) is 11.5 Å². The van der Waals surface area contributed by atoms with Crippen molar-refractivity contribution in [1.29, 1.82) is 0 Å². The number of aliphatic hydroxyl groups is 1. The Kier molecular flexibility index (Phi) is 7.35. The van der Waals surface area contributed by atoms with Gasteiger partial charge in [-0.2, -0.15) is 5.10 Å². The number of carbonyl (C=O) groups excluding carboxylic acids is 2. The van der Waals surface area contributed by atoms with E-state index in [4.69, 9.17) is 9.47 Å². The van der Waals surface area contributed by atoms with Gasteiger partial charge in [-0.05, 0) is 46.3 Å². The van der Waals surface area contributed by atoms with Crippen molar-refractivity contribution >= 4 is 29.4 Å². The molecule has 0 saturated carbocycles. The zero-order valence-electron chi connectivity index (χ0n) is 18.8. The summed E-state index contributed by atoms with van der Waals surface area (Å²) in [5.74, 6) is -0.599. The van der Waals surface area contributed by atoms with Crippen LogP contribution in [0.1, 0.15) is 26.4 Å². The molecule has 176 valence electrons. The molecule has 0 fully saturated rings. The van der Waals surface area contributed by atoms with Gasteiger partial charge in [-0.25, -0.2) is 10.2 Å². The summed E-state index contributed by atoms with van der Waals surface area (Å²) in [6, 6.07) is 25.6. The lowest BCUT2D eigenvalue weighted by Gasteiger charge is -2.27. The summed E-state index contributed by atoms with van der Waals surface area (Å²) in [7, 11) is 1.46. The molecule has 1 heterocycles. The molecule has 0 saturated heterocycles. The highest BCUT2D eigenvalue weighted by Gasteiger charge is 2.39. The first kappa shape index (κ1) is 23.9. The Bertz CT molecular complexity index is 1280. The second kappa shape index (κ2) is 10.8. The van der Waals surface area contributed by atoms with Gasteiger partial charge < -0.3 is 14.6 Å². The number of esters is 1. The number of methoxy groups -OCH3 is 1. The molecule has 0 radical (unpaired) electrons. The standard InChI is InChI=1S/C27H22N2O5S/c1-33-23-17-19(14-15-22(23)34-25(30)24-13-8-16-35-24)18-28-29-26(31)27(32,20-9-4-2-5-10-20)21-11-6-3-7-12-21/h2-18,32H,1H3,(H,29,31)/b28-18-. The largest absolute Gasteiger partial charge is 0.493 e. The summed E-state index contributed by atoms with van der Waals surface area (Å²) in [5.41, 5.74) is 1.91. The normalized spacial score (nSPS) is 11.3. The Hall–Kier alpha value is -4.27. The van der Waals surface area contributed by atoms with Crippen LogP contribution in [0.25, 0.3) is 0 Å². The fourth-order valence-corrected chi connectivity index (χ4v) is 4.03. The van der Waals surface area contributed by atoms with Gasteiger partial charge in [-0.15, -0.1) is 11.3 Å². The molecule has 8 heteroatoms. The Balaban J connectivity index is 1.51. The van der Waals surface area contributed by atoms with Gasteiger partial charge in [0, 0.05) is 0 Å². The average Bonchev–Trinajstić information content (AvgIpc) is 3.45. The van der Waals surface area contributed by atoms with Crippen molar-refractivity contribution in [2.75, 3.05) is 7.11 Å². The number of carbonyl (C=O) groups is 2. The maximum absolute atomic E-state index is 13.1. The number of ether oxygens (including phenoxy) is 2. The number of benzene rings is 3. The van der Waals surface area contributed by atoms with Crippen LogP contribution in [0.15, 0.2) is 101 Å². The van der Waals surface area contributed by atoms with Crippen LogP contribution in [0, 0.1) is 0 Å². The Labute approximate surface area is 206 Å². The molecule has 0 atom stereocenters. The number of nitrogens with one attached hydrogen (secondary N) is 1. The minimum atomic E-state index is -1.93. The van der Waals surface area contributed by atoms with Gasteiger partial charge in [-0.1, -0.05) is 66.7 Å². The van der Waals surface area contributed by atoms with Gasteiger partial charge in [0.05, 0.1) is 13.3 Å². The molecule has 1 aromatic heterocycles. The van der Waals surface area contributed by atoms with Crippen molar-refractivity contribution in [3.05, 3.63) is 118 Å².